The minimum absolute atomic E-state index is 0.286. The SMILES string of the molecule is COc1ccc(C(NN)c2ccc(F)cc2F)cc1. The lowest BCUT2D eigenvalue weighted by Crippen LogP contribution is -2.29. The third-order valence-electron chi connectivity index (χ3n) is 2.89. The molecule has 0 aliphatic carbocycles. The Bertz CT molecular complexity index is 558. The van der Waals surface area contributed by atoms with Crippen LogP contribution in [0, 0.1) is 11.6 Å². The van der Waals surface area contributed by atoms with Crippen molar-refractivity contribution in [3.8, 4) is 5.75 Å². The Labute approximate surface area is 110 Å². The first-order valence-electron chi connectivity index (χ1n) is 5.70. The molecule has 19 heavy (non-hydrogen) atoms. The second-order valence-electron chi connectivity index (χ2n) is 4.04. The second kappa shape index (κ2) is 5.77. The number of rotatable bonds is 4. The number of halogens is 2. The van der Waals surface area contributed by atoms with Gasteiger partial charge >= 0.3 is 0 Å². The Kier molecular flexibility index (Phi) is 4.09. The van der Waals surface area contributed by atoms with E-state index >= 15 is 0 Å². The fraction of sp³-hybridized carbons (Fsp3) is 0.143. The Morgan fingerprint density at radius 1 is 1.11 bits per heavy atom. The Hall–Kier alpha value is -1.98. The van der Waals surface area contributed by atoms with E-state index in [9.17, 15) is 8.78 Å². The third kappa shape index (κ3) is 2.89. The van der Waals surface area contributed by atoms with Gasteiger partial charge in [0.05, 0.1) is 13.2 Å². The van der Waals surface area contributed by atoms with E-state index in [2.05, 4.69) is 5.43 Å². The van der Waals surface area contributed by atoms with Gasteiger partial charge in [-0.05, 0) is 23.8 Å². The monoisotopic (exact) mass is 264 g/mol. The van der Waals surface area contributed by atoms with Crippen molar-refractivity contribution >= 4 is 0 Å². The van der Waals surface area contributed by atoms with Crippen LogP contribution in [0.1, 0.15) is 17.2 Å². The van der Waals surface area contributed by atoms with E-state index < -0.39 is 17.7 Å². The summed E-state index contributed by atoms with van der Waals surface area (Å²) in [6.45, 7) is 0. The summed E-state index contributed by atoms with van der Waals surface area (Å²) < 4.78 is 31.7. The molecular weight excluding hydrogens is 250 g/mol. The summed E-state index contributed by atoms with van der Waals surface area (Å²) in [4.78, 5) is 0. The molecule has 0 radical (unpaired) electrons. The van der Waals surface area contributed by atoms with Crippen molar-refractivity contribution in [1.82, 2.24) is 5.43 Å². The van der Waals surface area contributed by atoms with Gasteiger partial charge < -0.3 is 4.74 Å². The molecule has 0 aliphatic heterocycles. The van der Waals surface area contributed by atoms with Gasteiger partial charge in [0.2, 0.25) is 0 Å². The predicted molar refractivity (Wildman–Crippen MR) is 68.5 cm³/mol. The minimum atomic E-state index is -0.640. The van der Waals surface area contributed by atoms with E-state index in [4.69, 9.17) is 10.6 Å². The molecule has 3 nitrogen and oxygen atoms in total. The molecule has 0 heterocycles. The Morgan fingerprint density at radius 2 is 1.79 bits per heavy atom. The molecule has 1 atom stereocenters. The van der Waals surface area contributed by atoms with Gasteiger partial charge in [0, 0.05) is 11.6 Å². The molecule has 100 valence electrons. The van der Waals surface area contributed by atoms with Gasteiger partial charge in [-0.1, -0.05) is 18.2 Å². The normalized spacial score (nSPS) is 12.2. The minimum Gasteiger partial charge on any atom is -0.497 e. The van der Waals surface area contributed by atoms with Crippen LogP contribution >= 0.6 is 0 Å². The standard InChI is InChI=1S/C14H14F2N2O/c1-19-11-5-2-9(3-6-11)14(18-17)12-7-4-10(15)8-13(12)16/h2-8,14,18H,17H2,1H3. The largest absolute Gasteiger partial charge is 0.497 e. The average Bonchev–Trinajstić information content (AvgIpc) is 2.42. The van der Waals surface area contributed by atoms with Crippen molar-refractivity contribution in [1.29, 1.82) is 0 Å². The molecule has 0 bridgehead atoms. The molecule has 0 fully saturated rings. The van der Waals surface area contributed by atoms with E-state index in [0.717, 1.165) is 11.6 Å². The van der Waals surface area contributed by atoms with Gasteiger partial charge in [-0.15, -0.1) is 0 Å². The zero-order valence-corrected chi connectivity index (χ0v) is 10.4. The summed E-state index contributed by atoms with van der Waals surface area (Å²) >= 11 is 0. The van der Waals surface area contributed by atoms with Crippen LogP contribution < -0.4 is 16.0 Å². The molecule has 5 heteroatoms. The molecule has 0 saturated carbocycles. The Morgan fingerprint density at radius 3 is 2.32 bits per heavy atom. The van der Waals surface area contributed by atoms with Crippen molar-refractivity contribution in [2.75, 3.05) is 7.11 Å². The first kappa shape index (κ1) is 13.5. The molecule has 2 aromatic carbocycles. The van der Waals surface area contributed by atoms with Crippen LogP contribution in [0.4, 0.5) is 8.78 Å². The summed E-state index contributed by atoms with van der Waals surface area (Å²) in [6, 6.07) is 9.90. The number of methoxy groups -OCH3 is 1. The third-order valence-corrected chi connectivity index (χ3v) is 2.89. The zero-order chi connectivity index (χ0) is 13.8. The molecule has 3 N–H and O–H groups in total. The number of nitrogens with one attached hydrogen (secondary N) is 1. The fourth-order valence-electron chi connectivity index (χ4n) is 1.90. The number of nitrogens with two attached hydrogens (primary N) is 1. The lowest BCUT2D eigenvalue weighted by atomic mass is 9.98. The van der Waals surface area contributed by atoms with Gasteiger partial charge in [-0.3, -0.25) is 5.84 Å². The summed E-state index contributed by atoms with van der Waals surface area (Å²) in [5.41, 5.74) is 3.57. The van der Waals surface area contributed by atoms with Crippen LogP contribution in [0.25, 0.3) is 0 Å². The molecule has 0 saturated heterocycles. The molecule has 2 aromatic rings. The highest BCUT2D eigenvalue weighted by Crippen LogP contribution is 2.25. The predicted octanol–water partition coefficient (Wildman–Crippen LogP) is 2.53. The van der Waals surface area contributed by atoms with Crippen molar-refractivity contribution in [2.24, 2.45) is 5.84 Å². The molecular formula is C14H14F2N2O. The molecule has 2 rings (SSSR count). The van der Waals surface area contributed by atoms with Crippen LogP contribution in [-0.2, 0) is 0 Å². The van der Waals surface area contributed by atoms with Crippen molar-refractivity contribution < 1.29 is 13.5 Å². The summed E-state index contributed by atoms with van der Waals surface area (Å²) in [6.07, 6.45) is 0. The maximum absolute atomic E-state index is 13.8. The van der Waals surface area contributed by atoms with Gasteiger partial charge in [-0.25, -0.2) is 14.2 Å². The summed E-state index contributed by atoms with van der Waals surface area (Å²) in [5.74, 6) is 4.91. The number of benzene rings is 2. The number of hydrogen-bond donors (Lipinski definition) is 2. The first-order valence-corrected chi connectivity index (χ1v) is 5.70. The van der Waals surface area contributed by atoms with Crippen LogP contribution in [0.15, 0.2) is 42.5 Å². The van der Waals surface area contributed by atoms with E-state index in [-0.39, 0.29) is 5.56 Å². The number of hydrazine groups is 1. The van der Waals surface area contributed by atoms with E-state index in [1.165, 1.54) is 12.1 Å². The highest BCUT2D eigenvalue weighted by Gasteiger charge is 2.17. The highest BCUT2D eigenvalue weighted by atomic mass is 19.1. The maximum Gasteiger partial charge on any atom is 0.131 e. The van der Waals surface area contributed by atoms with Gasteiger partial charge in [0.1, 0.15) is 17.4 Å². The zero-order valence-electron chi connectivity index (χ0n) is 10.4. The second-order valence-corrected chi connectivity index (χ2v) is 4.04. The molecule has 0 aliphatic rings. The van der Waals surface area contributed by atoms with Crippen molar-refractivity contribution in [3.63, 3.8) is 0 Å². The lowest BCUT2D eigenvalue weighted by molar-refractivity contribution is 0.414. The topological polar surface area (TPSA) is 47.3 Å². The van der Waals surface area contributed by atoms with Crippen molar-refractivity contribution in [3.05, 3.63) is 65.2 Å². The lowest BCUT2D eigenvalue weighted by Gasteiger charge is -2.18. The highest BCUT2D eigenvalue weighted by molar-refractivity contribution is 5.36. The molecule has 1 unspecified atom stereocenters. The van der Waals surface area contributed by atoms with Gasteiger partial charge in [-0.2, -0.15) is 0 Å². The average molecular weight is 264 g/mol. The smallest absolute Gasteiger partial charge is 0.131 e. The van der Waals surface area contributed by atoms with Crippen LogP contribution in [0.3, 0.4) is 0 Å². The molecule has 0 spiro atoms. The summed E-state index contributed by atoms with van der Waals surface area (Å²) in [7, 11) is 1.56. The molecule has 0 aromatic heterocycles. The van der Waals surface area contributed by atoms with E-state index in [1.54, 1.807) is 31.4 Å². The number of ether oxygens (including phenoxy) is 1. The van der Waals surface area contributed by atoms with Gasteiger partial charge in [0.15, 0.2) is 0 Å². The fourth-order valence-corrected chi connectivity index (χ4v) is 1.90. The summed E-state index contributed by atoms with van der Waals surface area (Å²) in [5, 5.41) is 0. The van der Waals surface area contributed by atoms with E-state index in [0.29, 0.717) is 5.75 Å². The van der Waals surface area contributed by atoms with Crippen LogP contribution in [0.5, 0.6) is 5.75 Å². The molecule has 0 amide bonds. The number of hydrogen-bond acceptors (Lipinski definition) is 3. The van der Waals surface area contributed by atoms with Crippen molar-refractivity contribution in [2.45, 2.75) is 6.04 Å². The van der Waals surface area contributed by atoms with E-state index in [1.807, 2.05) is 0 Å². The Balaban J connectivity index is 2.37. The van der Waals surface area contributed by atoms with Crippen LogP contribution in [-0.4, -0.2) is 7.11 Å². The first-order chi connectivity index (χ1) is 9.15. The maximum atomic E-state index is 13.8. The van der Waals surface area contributed by atoms with Crippen LogP contribution in [0.2, 0.25) is 0 Å². The quantitative estimate of drug-likeness (QED) is 0.659. The van der Waals surface area contributed by atoms with Gasteiger partial charge in [0.25, 0.3) is 0 Å².